The van der Waals surface area contributed by atoms with Crippen LogP contribution in [0.5, 0.6) is 0 Å². The Kier molecular flexibility index (Phi) is 4.07. The van der Waals surface area contributed by atoms with E-state index in [-0.39, 0.29) is 0 Å². The normalized spacial score (nSPS) is 17.4. The Hall–Kier alpha value is -1.00. The average Bonchev–Trinajstić information content (AvgIpc) is 2.36. The molecule has 2 nitrogen and oxygen atoms in total. The minimum atomic E-state index is -0.706. The van der Waals surface area contributed by atoms with Crippen LogP contribution in [0.25, 0.3) is 0 Å². The molecule has 0 atom stereocenters. The molecule has 4 heteroatoms. The van der Waals surface area contributed by atoms with Gasteiger partial charge < -0.3 is 10.2 Å². The smallest absolute Gasteiger partial charge is 0.162 e. The van der Waals surface area contributed by atoms with Gasteiger partial charge >= 0.3 is 0 Å². The van der Waals surface area contributed by atoms with Crippen LogP contribution in [0.3, 0.4) is 0 Å². The summed E-state index contributed by atoms with van der Waals surface area (Å²) in [6, 6.07) is 3.33. The number of nitrogens with one attached hydrogen (secondary N) is 1. The molecular formula is C13H18F2N2. The van der Waals surface area contributed by atoms with Crippen LogP contribution in [0, 0.1) is 18.6 Å². The van der Waals surface area contributed by atoms with E-state index in [1.807, 2.05) is 0 Å². The van der Waals surface area contributed by atoms with Crippen molar-refractivity contribution in [1.82, 2.24) is 10.2 Å². The molecule has 1 fully saturated rings. The molecule has 0 unspecified atom stereocenters. The molecule has 1 aromatic rings. The van der Waals surface area contributed by atoms with E-state index in [0.717, 1.165) is 32.7 Å². The molecule has 1 aliphatic heterocycles. The second kappa shape index (κ2) is 5.56. The number of hydrogen-bond acceptors (Lipinski definition) is 2. The Morgan fingerprint density at radius 3 is 2.59 bits per heavy atom. The second-order valence-corrected chi connectivity index (χ2v) is 4.51. The van der Waals surface area contributed by atoms with Gasteiger partial charge in [0.2, 0.25) is 0 Å². The topological polar surface area (TPSA) is 15.3 Å². The first-order chi connectivity index (χ1) is 8.18. The zero-order chi connectivity index (χ0) is 12.3. The molecule has 0 bridgehead atoms. The van der Waals surface area contributed by atoms with Crippen LogP contribution in [0.4, 0.5) is 8.78 Å². The Balaban J connectivity index is 1.96. The summed E-state index contributed by atoms with van der Waals surface area (Å²) < 4.78 is 27.0. The monoisotopic (exact) mass is 240 g/mol. The fourth-order valence-corrected chi connectivity index (χ4v) is 2.09. The zero-order valence-electron chi connectivity index (χ0n) is 10.1. The number of hydrogen-bond donors (Lipinski definition) is 1. The second-order valence-electron chi connectivity index (χ2n) is 4.51. The molecule has 1 N–H and O–H groups in total. The van der Waals surface area contributed by atoms with Crippen molar-refractivity contribution in [2.75, 3.05) is 32.7 Å². The van der Waals surface area contributed by atoms with Gasteiger partial charge in [-0.1, -0.05) is 12.1 Å². The molecule has 0 radical (unpaired) electrons. The predicted octanol–water partition coefficient (Wildman–Crippen LogP) is 1.72. The lowest BCUT2D eigenvalue weighted by atomic mass is 10.1. The minimum Gasteiger partial charge on any atom is -0.314 e. The summed E-state index contributed by atoms with van der Waals surface area (Å²) in [7, 11) is 0. The number of piperazine rings is 1. The third-order valence-corrected chi connectivity index (χ3v) is 3.26. The number of halogens is 2. The maximum Gasteiger partial charge on any atom is 0.162 e. The first kappa shape index (κ1) is 12.5. The van der Waals surface area contributed by atoms with Crippen molar-refractivity contribution in [2.45, 2.75) is 13.3 Å². The molecule has 0 aromatic heterocycles. The molecule has 0 amide bonds. The van der Waals surface area contributed by atoms with Crippen LogP contribution in [0.1, 0.15) is 11.1 Å². The standard InChI is InChI=1S/C13H18F2N2/c1-10-2-3-11(13(15)12(10)14)4-7-17-8-5-16-6-9-17/h2-3,16H,4-9H2,1H3. The van der Waals surface area contributed by atoms with Crippen LogP contribution >= 0.6 is 0 Å². The summed E-state index contributed by atoms with van der Waals surface area (Å²) in [5.74, 6) is -1.39. The summed E-state index contributed by atoms with van der Waals surface area (Å²) in [6.45, 7) is 6.29. The molecule has 94 valence electrons. The van der Waals surface area contributed by atoms with Gasteiger partial charge in [0.1, 0.15) is 0 Å². The Labute approximate surface area is 101 Å². The number of rotatable bonds is 3. The van der Waals surface area contributed by atoms with Crippen molar-refractivity contribution in [3.63, 3.8) is 0 Å². The van der Waals surface area contributed by atoms with Gasteiger partial charge in [-0.2, -0.15) is 0 Å². The summed E-state index contributed by atoms with van der Waals surface area (Å²) in [5, 5.41) is 3.27. The minimum absolute atomic E-state index is 0.369. The highest BCUT2D eigenvalue weighted by atomic mass is 19.2. The summed E-state index contributed by atoms with van der Waals surface area (Å²) in [6.07, 6.45) is 0.572. The number of benzene rings is 1. The maximum absolute atomic E-state index is 13.6. The van der Waals surface area contributed by atoms with Gasteiger partial charge in [0.05, 0.1) is 0 Å². The highest BCUT2D eigenvalue weighted by Gasteiger charge is 2.13. The summed E-state index contributed by atoms with van der Waals surface area (Å²) in [5.41, 5.74) is 0.847. The molecule has 1 aromatic carbocycles. The lowest BCUT2D eigenvalue weighted by Gasteiger charge is -2.27. The number of aryl methyl sites for hydroxylation is 1. The highest BCUT2D eigenvalue weighted by Crippen LogP contribution is 2.16. The first-order valence-electron chi connectivity index (χ1n) is 6.05. The predicted molar refractivity (Wildman–Crippen MR) is 64.1 cm³/mol. The fraction of sp³-hybridized carbons (Fsp3) is 0.538. The van der Waals surface area contributed by atoms with Gasteiger partial charge in [0.25, 0.3) is 0 Å². The van der Waals surface area contributed by atoms with Crippen molar-refractivity contribution in [3.8, 4) is 0 Å². The highest BCUT2D eigenvalue weighted by molar-refractivity contribution is 5.25. The van der Waals surface area contributed by atoms with E-state index >= 15 is 0 Å². The van der Waals surface area contributed by atoms with Crippen LogP contribution < -0.4 is 5.32 Å². The van der Waals surface area contributed by atoms with E-state index in [1.165, 1.54) is 0 Å². The maximum atomic E-state index is 13.6. The molecule has 1 heterocycles. The van der Waals surface area contributed by atoms with Crippen molar-refractivity contribution in [1.29, 1.82) is 0 Å². The van der Waals surface area contributed by atoms with E-state index < -0.39 is 11.6 Å². The van der Waals surface area contributed by atoms with Gasteiger partial charge in [0, 0.05) is 32.7 Å². The quantitative estimate of drug-likeness (QED) is 0.865. The van der Waals surface area contributed by atoms with Gasteiger partial charge in [-0.15, -0.1) is 0 Å². The Bertz CT molecular complexity index is 387. The molecule has 0 spiro atoms. The van der Waals surface area contributed by atoms with E-state index in [0.29, 0.717) is 17.5 Å². The van der Waals surface area contributed by atoms with Crippen molar-refractivity contribution < 1.29 is 8.78 Å². The van der Waals surface area contributed by atoms with Gasteiger partial charge in [-0.25, -0.2) is 8.78 Å². The lowest BCUT2D eigenvalue weighted by molar-refractivity contribution is 0.243. The molecule has 17 heavy (non-hydrogen) atoms. The third-order valence-electron chi connectivity index (χ3n) is 3.26. The van der Waals surface area contributed by atoms with E-state index in [2.05, 4.69) is 10.2 Å². The van der Waals surface area contributed by atoms with Crippen molar-refractivity contribution in [2.24, 2.45) is 0 Å². The molecule has 0 aliphatic carbocycles. The first-order valence-corrected chi connectivity index (χ1v) is 6.05. The summed E-state index contributed by atoms with van der Waals surface area (Å²) in [4.78, 5) is 2.27. The van der Waals surface area contributed by atoms with E-state index in [1.54, 1.807) is 19.1 Å². The fourth-order valence-electron chi connectivity index (χ4n) is 2.09. The molecular weight excluding hydrogens is 222 g/mol. The lowest BCUT2D eigenvalue weighted by Crippen LogP contribution is -2.44. The SMILES string of the molecule is Cc1ccc(CCN2CCNCC2)c(F)c1F. The Morgan fingerprint density at radius 2 is 1.88 bits per heavy atom. The molecule has 1 saturated heterocycles. The van der Waals surface area contributed by atoms with Gasteiger partial charge in [-0.3, -0.25) is 0 Å². The van der Waals surface area contributed by atoms with Gasteiger partial charge in [-0.05, 0) is 24.5 Å². The number of nitrogens with zero attached hydrogens (tertiary/aromatic N) is 1. The van der Waals surface area contributed by atoms with E-state index in [9.17, 15) is 8.78 Å². The largest absolute Gasteiger partial charge is 0.314 e. The molecule has 0 saturated carbocycles. The zero-order valence-corrected chi connectivity index (χ0v) is 10.1. The summed E-state index contributed by atoms with van der Waals surface area (Å²) >= 11 is 0. The van der Waals surface area contributed by atoms with Crippen molar-refractivity contribution >= 4 is 0 Å². The molecule has 2 rings (SSSR count). The average molecular weight is 240 g/mol. The van der Waals surface area contributed by atoms with Crippen LogP contribution in [0.2, 0.25) is 0 Å². The third kappa shape index (κ3) is 3.01. The van der Waals surface area contributed by atoms with E-state index in [4.69, 9.17) is 0 Å². The van der Waals surface area contributed by atoms with Crippen molar-refractivity contribution in [3.05, 3.63) is 34.9 Å². The Morgan fingerprint density at radius 1 is 1.18 bits per heavy atom. The van der Waals surface area contributed by atoms with Crippen LogP contribution in [0.15, 0.2) is 12.1 Å². The van der Waals surface area contributed by atoms with Gasteiger partial charge in [0.15, 0.2) is 11.6 Å². The molecule has 1 aliphatic rings. The van der Waals surface area contributed by atoms with Crippen LogP contribution in [-0.4, -0.2) is 37.6 Å². The van der Waals surface area contributed by atoms with Crippen LogP contribution in [-0.2, 0) is 6.42 Å².